The summed E-state index contributed by atoms with van der Waals surface area (Å²) in [4.78, 5) is 4.05. The Balaban J connectivity index is 0.000000640. The lowest BCUT2D eigenvalue weighted by atomic mass is 10.8. The van der Waals surface area contributed by atoms with Gasteiger partial charge < -0.3 is 0 Å². The summed E-state index contributed by atoms with van der Waals surface area (Å²) in [7, 11) is 0. The maximum atomic E-state index is 8.15. The van der Waals surface area contributed by atoms with Gasteiger partial charge in [0.05, 0.1) is 6.54 Å². The van der Waals surface area contributed by atoms with Crippen molar-refractivity contribution in [1.82, 2.24) is 0 Å². The zero-order chi connectivity index (χ0) is 5.82. The van der Waals surface area contributed by atoms with Crippen molar-refractivity contribution in [2.45, 2.75) is 0 Å². The van der Waals surface area contributed by atoms with Crippen LogP contribution >= 0.6 is 23.5 Å². The molecule has 2 nitrogen and oxygen atoms in total. The monoisotopic (exact) mass is 145 g/mol. The topological polar surface area (TPSA) is 36.1 Å². The van der Waals surface area contributed by atoms with E-state index in [4.69, 9.17) is 5.26 Å². The lowest BCUT2D eigenvalue weighted by Gasteiger charge is -1.82. The van der Waals surface area contributed by atoms with Crippen LogP contribution in [0.25, 0.3) is 0 Å². The lowest BCUT2D eigenvalue weighted by Crippen LogP contribution is -1.72. The molecule has 0 saturated heterocycles. The third-order valence-corrected chi connectivity index (χ3v) is 2.45. The zero-order valence-electron chi connectivity index (χ0n) is 5.13. The summed E-state index contributed by atoms with van der Waals surface area (Å²) in [6, 6.07) is 0. The summed E-state index contributed by atoms with van der Waals surface area (Å²) in [5.74, 6) is 1.05. The molecule has 0 saturated carbocycles. The Morgan fingerprint density at radius 3 is 3.38 bits per heavy atom. The van der Waals surface area contributed by atoms with E-state index in [1.54, 1.807) is 11.8 Å². The summed E-state index contributed by atoms with van der Waals surface area (Å²) >= 11 is 2.81. The fraction of sp³-hybridized carbons (Fsp3) is 0.500. The van der Waals surface area contributed by atoms with Gasteiger partial charge in [-0.05, 0) is 0 Å². The second-order valence-electron chi connectivity index (χ2n) is 1.19. The van der Waals surface area contributed by atoms with E-state index in [-0.39, 0.29) is 1.43 Å². The predicted molar refractivity (Wildman–Crippen MR) is 39.1 cm³/mol. The van der Waals surface area contributed by atoms with E-state index >= 15 is 0 Å². The quantitative estimate of drug-likeness (QED) is 0.484. The molecule has 0 atom stereocenters. The minimum Gasteiger partial charge on any atom is -0.270 e. The average Bonchev–Trinajstić information content (AvgIpc) is 2.19. The second kappa shape index (κ2) is 3.00. The van der Waals surface area contributed by atoms with Crippen molar-refractivity contribution in [3.63, 3.8) is 0 Å². The number of aliphatic imine (C=N–C) groups is 1. The molecular weight excluding hydrogens is 140 g/mol. The molecule has 1 aliphatic rings. The molecule has 0 unspecified atom stereocenters. The van der Waals surface area contributed by atoms with Gasteiger partial charge in [-0.15, -0.1) is 0 Å². The highest BCUT2D eigenvalue weighted by Gasteiger charge is 2.05. The molecule has 0 aromatic rings. The van der Waals surface area contributed by atoms with E-state index in [1.165, 1.54) is 0 Å². The first-order valence-electron chi connectivity index (χ1n) is 2.16. The van der Waals surface area contributed by atoms with Crippen molar-refractivity contribution >= 4 is 27.9 Å². The molecule has 42 valence electrons. The molecule has 0 bridgehead atoms. The van der Waals surface area contributed by atoms with Gasteiger partial charge in [-0.25, -0.2) is 0 Å². The summed E-state index contributed by atoms with van der Waals surface area (Å²) in [6.45, 7) is 0.884. The fourth-order valence-corrected chi connectivity index (χ4v) is 1.79. The van der Waals surface area contributed by atoms with Crippen LogP contribution in [0.15, 0.2) is 4.99 Å². The van der Waals surface area contributed by atoms with E-state index in [2.05, 4.69) is 4.99 Å². The maximum Gasteiger partial charge on any atom is 1.00 e. The van der Waals surface area contributed by atoms with Crippen molar-refractivity contribution < 1.29 is 1.43 Å². The lowest BCUT2D eigenvalue weighted by molar-refractivity contribution is 1.18. The van der Waals surface area contributed by atoms with Crippen molar-refractivity contribution in [2.24, 2.45) is 4.99 Å². The normalized spacial score (nSPS) is 17.6. The van der Waals surface area contributed by atoms with Gasteiger partial charge in [0.2, 0.25) is 0 Å². The highest BCUT2D eigenvalue weighted by atomic mass is 32.2. The van der Waals surface area contributed by atoms with Gasteiger partial charge in [0, 0.05) is 17.5 Å². The number of thioether (sulfide) groups is 2. The fourth-order valence-electron chi connectivity index (χ4n) is 0.416. The first-order chi connectivity index (χ1) is 3.93. The average molecular weight is 145 g/mol. The van der Waals surface area contributed by atoms with Crippen LogP contribution in [-0.4, -0.2) is 16.7 Å². The molecule has 0 aromatic heterocycles. The Labute approximate surface area is 57.8 Å². The predicted octanol–water partition coefficient (Wildman–Crippen LogP) is 1.42. The highest BCUT2D eigenvalue weighted by molar-refractivity contribution is 8.40. The summed E-state index contributed by atoms with van der Waals surface area (Å²) in [5, 5.41) is 10.1. The molecule has 4 heteroatoms. The van der Waals surface area contributed by atoms with Crippen LogP contribution in [0.5, 0.6) is 0 Å². The SMILES string of the molecule is N#CSC1=NCCS1.[H+]. The Morgan fingerprint density at radius 2 is 2.88 bits per heavy atom. The van der Waals surface area contributed by atoms with Crippen molar-refractivity contribution in [1.29, 1.82) is 5.26 Å². The molecule has 1 aliphatic heterocycles. The summed E-state index contributed by atoms with van der Waals surface area (Å²) in [5.41, 5.74) is 0. The molecule has 0 N–H and O–H groups in total. The van der Waals surface area contributed by atoms with Crippen LogP contribution in [0.1, 0.15) is 1.43 Å². The van der Waals surface area contributed by atoms with Crippen LogP contribution < -0.4 is 0 Å². The third kappa shape index (κ3) is 1.42. The molecule has 0 radical (unpaired) electrons. The maximum absolute atomic E-state index is 8.15. The molecular formula is C4H5N2S2+. The standard InChI is InChI=1S/C4H4N2S2/c5-3-8-4-6-1-2-7-4/h1-2H2/p+1. The number of nitrogens with zero attached hydrogens (tertiary/aromatic N) is 2. The van der Waals surface area contributed by atoms with Gasteiger partial charge in [0.15, 0.2) is 0 Å². The van der Waals surface area contributed by atoms with Gasteiger partial charge in [0.25, 0.3) is 0 Å². The van der Waals surface area contributed by atoms with Crippen LogP contribution in [0.2, 0.25) is 0 Å². The summed E-state index contributed by atoms with van der Waals surface area (Å²) < 4.78 is 0.924. The van der Waals surface area contributed by atoms with Gasteiger partial charge in [-0.3, -0.25) is 4.99 Å². The molecule has 0 amide bonds. The van der Waals surface area contributed by atoms with E-state index < -0.39 is 0 Å². The number of nitriles is 1. The van der Waals surface area contributed by atoms with E-state index in [9.17, 15) is 0 Å². The number of hydrogen-bond acceptors (Lipinski definition) is 4. The Hall–Kier alpha value is -0.140. The van der Waals surface area contributed by atoms with Crippen molar-refractivity contribution in [3.05, 3.63) is 0 Å². The van der Waals surface area contributed by atoms with Crippen LogP contribution in [0.3, 0.4) is 0 Å². The number of rotatable bonds is 0. The van der Waals surface area contributed by atoms with E-state index in [0.29, 0.717) is 0 Å². The van der Waals surface area contributed by atoms with Crippen molar-refractivity contribution in [3.8, 4) is 5.40 Å². The third-order valence-electron chi connectivity index (χ3n) is 0.691. The molecule has 0 aromatic carbocycles. The number of hydrogen-bond donors (Lipinski definition) is 0. The second-order valence-corrected chi connectivity index (χ2v) is 3.30. The van der Waals surface area contributed by atoms with E-state index in [0.717, 1.165) is 28.4 Å². The first kappa shape index (κ1) is 5.99. The van der Waals surface area contributed by atoms with Gasteiger partial charge in [-0.1, -0.05) is 11.8 Å². The zero-order valence-corrected chi connectivity index (χ0v) is 5.76. The molecule has 1 heterocycles. The molecule has 1 rings (SSSR count). The highest BCUT2D eigenvalue weighted by Crippen LogP contribution is 2.20. The van der Waals surface area contributed by atoms with Crippen molar-refractivity contribution in [2.75, 3.05) is 12.3 Å². The molecule has 0 aliphatic carbocycles. The molecule has 0 fully saturated rings. The van der Waals surface area contributed by atoms with E-state index in [1.807, 2.05) is 5.40 Å². The van der Waals surface area contributed by atoms with Crippen LogP contribution in [0.4, 0.5) is 0 Å². The van der Waals surface area contributed by atoms with Gasteiger partial charge in [-0.2, -0.15) is 5.26 Å². The Bertz CT molecular complexity index is 151. The van der Waals surface area contributed by atoms with Crippen LogP contribution in [0, 0.1) is 10.7 Å². The smallest absolute Gasteiger partial charge is 0.270 e. The van der Waals surface area contributed by atoms with Gasteiger partial charge in [0.1, 0.15) is 9.78 Å². The minimum absolute atomic E-state index is 0. The largest absolute Gasteiger partial charge is 1.00 e. The minimum atomic E-state index is 0. The molecule has 0 spiro atoms. The Morgan fingerprint density at radius 1 is 2.00 bits per heavy atom. The summed E-state index contributed by atoms with van der Waals surface area (Å²) in [6.07, 6.45) is 0. The molecule has 8 heavy (non-hydrogen) atoms. The number of thiocyanates is 1. The van der Waals surface area contributed by atoms with Gasteiger partial charge >= 0.3 is 1.43 Å². The van der Waals surface area contributed by atoms with Crippen LogP contribution in [-0.2, 0) is 0 Å². The Kier molecular flexibility index (Phi) is 2.25. The first-order valence-corrected chi connectivity index (χ1v) is 3.97.